The van der Waals surface area contributed by atoms with E-state index in [0.717, 1.165) is 31.0 Å². The molecule has 39 heavy (non-hydrogen) atoms. The van der Waals surface area contributed by atoms with Crippen molar-refractivity contribution in [1.82, 2.24) is 14.7 Å². The Balaban J connectivity index is 1.24. The Morgan fingerprint density at radius 1 is 1.05 bits per heavy atom. The van der Waals surface area contributed by atoms with Gasteiger partial charge in [0.2, 0.25) is 0 Å². The van der Waals surface area contributed by atoms with Gasteiger partial charge in [0.25, 0.3) is 5.91 Å². The van der Waals surface area contributed by atoms with Gasteiger partial charge in [-0.3, -0.25) is 4.79 Å². The lowest BCUT2D eigenvalue weighted by Crippen LogP contribution is -2.44. The number of benzene rings is 2. The standard InChI is InChI=1S/C31H34N4O4/c1-39-24-12-10-23(11-13-24)35-28-26(27(32-35)30(37)38)31(14-15-31)19-34(29(28)36)22-8-6-21(7-9-22)25(20-4-5-20)18-33-16-2-3-17-33/h6-13,20,25H,2-5,14-19H2,1H3,(H,37,38). The zero-order valence-electron chi connectivity index (χ0n) is 22.3. The fourth-order valence-electron chi connectivity index (χ4n) is 6.70. The molecule has 2 aliphatic carbocycles. The SMILES string of the molecule is COc1ccc(-n2nc(C(=O)O)c3c2C(=O)N(c2ccc(C(CN4CCCC4)C4CC4)cc2)CC32CC2)cc1. The second-order valence-corrected chi connectivity index (χ2v) is 11.7. The van der Waals surface area contributed by atoms with Crippen LogP contribution in [0.15, 0.2) is 48.5 Å². The molecule has 1 spiro atoms. The van der Waals surface area contributed by atoms with Crippen molar-refractivity contribution >= 4 is 17.6 Å². The van der Waals surface area contributed by atoms with Crippen molar-refractivity contribution < 1.29 is 19.4 Å². The largest absolute Gasteiger partial charge is 0.497 e. The van der Waals surface area contributed by atoms with Crippen LogP contribution in [0, 0.1) is 5.92 Å². The first kappa shape index (κ1) is 24.4. The number of carboxylic acids is 1. The van der Waals surface area contributed by atoms with Crippen LogP contribution < -0.4 is 9.64 Å². The Morgan fingerprint density at radius 2 is 1.72 bits per heavy atom. The number of amides is 1. The molecule has 3 heterocycles. The first-order valence-electron chi connectivity index (χ1n) is 14.1. The van der Waals surface area contributed by atoms with Crippen molar-refractivity contribution in [3.63, 3.8) is 0 Å². The maximum atomic E-state index is 14.1. The second kappa shape index (κ2) is 9.23. The summed E-state index contributed by atoms with van der Waals surface area (Å²) in [6.45, 7) is 4.01. The quantitative estimate of drug-likeness (QED) is 0.451. The van der Waals surface area contributed by atoms with Gasteiger partial charge < -0.3 is 19.6 Å². The number of anilines is 1. The molecule has 2 aromatic carbocycles. The Labute approximate surface area is 228 Å². The van der Waals surface area contributed by atoms with Gasteiger partial charge >= 0.3 is 5.97 Å². The molecule has 8 heteroatoms. The van der Waals surface area contributed by atoms with E-state index < -0.39 is 5.97 Å². The van der Waals surface area contributed by atoms with E-state index in [1.165, 1.54) is 49.0 Å². The lowest BCUT2D eigenvalue weighted by Gasteiger charge is -2.34. The summed E-state index contributed by atoms with van der Waals surface area (Å²) in [5, 5.41) is 14.5. The van der Waals surface area contributed by atoms with Crippen LogP contribution in [0.25, 0.3) is 5.69 Å². The third kappa shape index (κ3) is 4.22. The molecule has 0 radical (unpaired) electrons. The molecular formula is C31H34N4O4. The number of aromatic carboxylic acids is 1. The van der Waals surface area contributed by atoms with Crippen LogP contribution in [0.5, 0.6) is 5.75 Å². The number of carbonyl (C=O) groups excluding carboxylic acids is 1. The van der Waals surface area contributed by atoms with E-state index in [1.807, 2.05) is 4.90 Å². The molecule has 4 aliphatic rings. The lowest BCUT2D eigenvalue weighted by molar-refractivity contribution is 0.0688. The number of methoxy groups -OCH3 is 1. The molecule has 1 aromatic heterocycles. The summed E-state index contributed by atoms with van der Waals surface area (Å²) in [6.07, 6.45) is 6.89. The second-order valence-electron chi connectivity index (χ2n) is 11.7. The van der Waals surface area contributed by atoms with Crippen molar-refractivity contribution in [3.05, 3.63) is 71.0 Å². The zero-order valence-corrected chi connectivity index (χ0v) is 22.3. The number of aromatic nitrogens is 2. The summed E-state index contributed by atoms with van der Waals surface area (Å²) in [5.74, 6) is 0.685. The van der Waals surface area contributed by atoms with Gasteiger partial charge in [-0.15, -0.1) is 0 Å². The van der Waals surface area contributed by atoms with Crippen LogP contribution in [-0.4, -0.2) is 65.0 Å². The molecule has 202 valence electrons. The van der Waals surface area contributed by atoms with Crippen LogP contribution in [0.1, 0.15) is 76.5 Å². The average molecular weight is 527 g/mol. The van der Waals surface area contributed by atoms with Gasteiger partial charge in [0.05, 0.1) is 12.8 Å². The van der Waals surface area contributed by atoms with E-state index in [4.69, 9.17) is 4.74 Å². The van der Waals surface area contributed by atoms with E-state index in [-0.39, 0.29) is 17.0 Å². The minimum atomic E-state index is -1.10. The van der Waals surface area contributed by atoms with E-state index in [0.29, 0.717) is 35.2 Å². The van der Waals surface area contributed by atoms with Crippen molar-refractivity contribution in [2.75, 3.05) is 38.2 Å². The molecular weight excluding hydrogens is 492 g/mol. The highest BCUT2D eigenvalue weighted by Gasteiger charge is 2.56. The molecule has 8 nitrogen and oxygen atoms in total. The number of nitrogens with zero attached hydrogens (tertiary/aromatic N) is 4. The summed E-state index contributed by atoms with van der Waals surface area (Å²) in [7, 11) is 1.59. The van der Waals surface area contributed by atoms with Crippen LogP contribution in [-0.2, 0) is 5.41 Å². The summed E-state index contributed by atoms with van der Waals surface area (Å²) in [4.78, 5) is 30.8. The Kier molecular flexibility index (Phi) is 5.77. The average Bonchev–Trinajstić information content (AvgIpc) is 3.85. The van der Waals surface area contributed by atoms with Gasteiger partial charge in [-0.25, -0.2) is 9.48 Å². The number of hydrogen-bond donors (Lipinski definition) is 1. The van der Waals surface area contributed by atoms with Crippen LogP contribution in [0.4, 0.5) is 5.69 Å². The number of ether oxygens (including phenoxy) is 1. The predicted molar refractivity (Wildman–Crippen MR) is 147 cm³/mol. The Hall–Kier alpha value is -3.65. The third-order valence-electron chi connectivity index (χ3n) is 9.17. The number of rotatable bonds is 8. The third-order valence-corrected chi connectivity index (χ3v) is 9.17. The number of fused-ring (bicyclic) bond motifs is 2. The van der Waals surface area contributed by atoms with Gasteiger partial charge in [0.1, 0.15) is 11.4 Å². The molecule has 1 atom stereocenters. The van der Waals surface area contributed by atoms with Crippen molar-refractivity contribution in [3.8, 4) is 11.4 Å². The van der Waals surface area contributed by atoms with E-state index in [1.54, 1.807) is 31.4 Å². The molecule has 0 bridgehead atoms. The lowest BCUT2D eigenvalue weighted by atomic mass is 9.88. The molecule has 7 rings (SSSR count). The van der Waals surface area contributed by atoms with E-state index >= 15 is 0 Å². The topological polar surface area (TPSA) is 87.9 Å². The van der Waals surface area contributed by atoms with Gasteiger partial charge in [-0.1, -0.05) is 12.1 Å². The van der Waals surface area contributed by atoms with E-state index in [9.17, 15) is 14.7 Å². The van der Waals surface area contributed by atoms with Gasteiger partial charge in [-0.2, -0.15) is 5.10 Å². The highest BCUT2D eigenvalue weighted by molar-refractivity contribution is 6.10. The van der Waals surface area contributed by atoms with Crippen LogP contribution in [0.3, 0.4) is 0 Å². The molecule has 3 aromatic rings. The molecule has 1 unspecified atom stereocenters. The molecule has 2 saturated carbocycles. The van der Waals surface area contributed by atoms with Gasteiger partial charge in [0.15, 0.2) is 5.69 Å². The molecule has 3 fully saturated rings. The van der Waals surface area contributed by atoms with Crippen LogP contribution >= 0.6 is 0 Å². The zero-order chi connectivity index (χ0) is 26.7. The highest BCUT2D eigenvalue weighted by atomic mass is 16.5. The normalized spacial score (nSPS) is 20.7. The fraction of sp³-hybridized carbons (Fsp3) is 0.452. The van der Waals surface area contributed by atoms with Crippen molar-refractivity contribution in [2.24, 2.45) is 5.92 Å². The number of likely N-dealkylation sites (tertiary alicyclic amines) is 1. The summed E-state index contributed by atoms with van der Waals surface area (Å²) < 4.78 is 6.79. The van der Waals surface area contributed by atoms with E-state index in [2.05, 4.69) is 34.3 Å². The number of carboxylic acid groups (broad SMARTS) is 1. The fourth-order valence-corrected chi connectivity index (χ4v) is 6.70. The van der Waals surface area contributed by atoms with Gasteiger partial charge in [0, 0.05) is 29.8 Å². The summed E-state index contributed by atoms with van der Waals surface area (Å²) >= 11 is 0. The minimum Gasteiger partial charge on any atom is -0.497 e. The Morgan fingerprint density at radius 3 is 2.31 bits per heavy atom. The van der Waals surface area contributed by atoms with Gasteiger partial charge in [-0.05, 0) is 105 Å². The minimum absolute atomic E-state index is 0.0177. The molecule has 1 amide bonds. The maximum absolute atomic E-state index is 14.1. The summed E-state index contributed by atoms with van der Waals surface area (Å²) in [5.41, 5.74) is 3.41. The smallest absolute Gasteiger partial charge is 0.356 e. The van der Waals surface area contributed by atoms with Crippen molar-refractivity contribution in [2.45, 2.75) is 49.9 Å². The first-order valence-corrected chi connectivity index (χ1v) is 14.1. The first-order chi connectivity index (χ1) is 19.0. The monoisotopic (exact) mass is 526 g/mol. The molecule has 1 N–H and O–H groups in total. The summed E-state index contributed by atoms with van der Waals surface area (Å²) in [6, 6.07) is 15.8. The predicted octanol–water partition coefficient (Wildman–Crippen LogP) is 4.86. The number of hydrogen-bond acceptors (Lipinski definition) is 5. The number of carbonyl (C=O) groups is 2. The highest BCUT2D eigenvalue weighted by Crippen LogP contribution is 2.54. The van der Waals surface area contributed by atoms with Crippen molar-refractivity contribution in [1.29, 1.82) is 0 Å². The molecule has 2 aliphatic heterocycles. The van der Waals surface area contributed by atoms with Crippen LogP contribution in [0.2, 0.25) is 0 Å². The molecule has 1 saturated heterocycles. The Bertz CT molecular complexity index is 1410. The maximum Gasteiger partial charge on any atom is 0.356 e.